The molecule has 9 N–H and O–H groups in total. The van der Waals surface area contributed by atoms with Crippen molar-refractivity contribution in [2.75, 3.05) is 13.2 Å². The van der Waals surface area contributed by atoms with E-state index in [2.05, 4.69) is 5.32 Å². The highest BCUT2D eigenvalue weighted by molar-refractivity contribution is 5.73. The minimum absolute atomic E-state index is 0.340. The predicted octanol–water partition coefficient (Wildman–Crippen LogP) is -4.94. The van der Waals surface area contributed by atoms with Crippen molar-refractivity contribution < 1.29 is 69.3 Å². The number of carbonyl (C=O) groups is 1. The zero-order valence-electron chi connectivity index (χ0n) is 20.8. The van der Waals surface area contributed by atoms with Crippen LogP contribution in [0.25, 0.3) is 0 Å². The first-order valence-electron chi connectivity index (χ1n) is 12.3. The van der Waals surface area contributed by atoms with E-state index in [1.54, 1.807) is 6.92 Å². The predicted molar refractivity (Wildman–Crippen MR) is 120 cm³/mol. The summed E-state index contributed by atoms with van der Waals surface area (Å²) in [7, 11) is 0. The van der Waals surface area contributed by atoms with Crippen molar-refractivity contribution in [3.63, 3.8) is 0 Å². The molecule has 3 saturated heterocycles. The second-order valence-corrected chi connectivity index (χ2v) is 9.61. The number of aliphatic hydroxyl groups is 8. The van der Waals surface area contributed by atoms with Crippen molar-refractivity contribution in [3.05, 3.63) is 0 Å². The van der Waals surface area contributed by atoms with Crippen molar-refractivity contribution in [1.82, 2.24) is 5.32 Å². The summed E-state index contributed by atoms with van der Waals surface area (Å²) >= 11 is 0. The quantitative estimate of drug-likeness (QED) is 0.140. The molecule has 0 saturated carbocycles. The molecule has 0 bridgehead atoms. The van der Waals surface area contributed by atoms with Gasteiger partial charge in [0.2, 0.25) is 5.91 Å². The Morgan fingerprint density at radius 3 is 1.81 bits per heavy atom. The van der Waals surface area contributed by atoms with Crippen LogP contribution in [0.2, 0.25) is 0 Å². The van der Waals surface area contributed by atoms with E-state index in [1.165, 1.54) is 13.8 Å². The average Bonchev–Trinajstić information content (AvgIpc) is 2.87. The lowest BCUT2D eigenvalue weighted by Crippen LogP contribution is -2.69. The lowest BCUT2D eigenvalue weighted by atomic mass is 9.90. The number of nitrogens with one attached hydrogen (secondary N) is 1. The fraction of sp³-hybridized carbons (Fsp3) is 0.955. The highest BCUT2D eigenvalue weighted by Crippen LogP contribution is 2.34. The van der Waals surface area contributed by atoms with Crippen LogP contribution < -0.4 is 5.32 Å². The monoisotopic (exact) mass is 541 g/mol. The molecule has 15 unspecified atom stereocenters. The van der Waals surface area contributed by atoms with Crippen LogP contribution in [0, 0.1) is 0 Å². The molecule has 15 nitrogen and oxygen atoms in total. The minimum atomic E-state index is -1.78. The van der Waals surface area contributed by atoms with Gasteiger partial charge in [-0.15, -0.1) is 0 Å². The average molecular weight is 542 g/mol. The van der Waals surface area contributed by atoms with Crippen molar-refractivity contribution in [2.45, 2.75) is 119 Å². The van der Waals surface area contributed by atoms with Crippen molar-refractivity contribution in [2.24, 2.45) is 0 Å². The Morgan fingerprint density at radius 2 is 1.27 bits per heavy atom. The van der Waals surface area contributed by atoms with E-state index < -0.39 is 111 Å². The van der Waals surface area contributed by atoms with Crippen LogP contribution >= 0.6 is 0 Å². The fourth-order valence-corrected chi connectivity index (χ4v) is 4.86. The molecule has 15 atom stereocenters. The molecule has 3 rings (SSSR count). The van der Waals surface area contributed by atoms with Crippen LogP contribution in [0.5, 0.6) is 0 Å². The van der Waals surface area contributed by atoms with E-state index in [9.17, 15) is 45.6 Å². The SMILES string of the molecule is CCC1OC(CO)C(OC2OC(C)C(O)C(O)C2O)C(OC2OC(CO)C(O)C(O)C2O)C1NC(C)=O. The smallest absolute Gasteiger partial charge is 0.217 e. The number of carbonyl (C=O) groups excluding carboxylic acids is 1. The van der Waals surface area contributed by atoms with Gasteiger partial charge >= 0.3 is 0 Å². The molecule has 0 radical (unpaired) electrons. The van der Waals surface area contributed by atoms with Gasteiger partial charge in [0.25, 0.3) is 0 Å². The molecule has 3 fully saturated rings. The lowest BCUT2D eigenvalue weighted by molar-refractivity contribution is -0.360. The minimum Gasteiger partial charge on any atom is -0.394 e. The maximum absolute atomic E-state index is 12.1. The van der Waals surface area contributed by atoms with Gasteiger partial charge in [-0.2, -0.15) is 0 Å². The van der Waals surface area contributed by atoms with Crippen LogP contribution in [0.4, 0.5) is 0 Å². The van der Waals surface area contributed by atoms with Gasteiger partial charge in [-0.1, -0.05) is 6.92 Å². The Balaban J connectivity index is 1.95. The van der Waals surface area contributed by atoms with Crippen molar-refractivity contribution in [1.29, 1.82) is 0 Å². The van der Waals surface area contributed by atoms with Crippen LogP contribution in [-0.4, -0.2) is 152 Å². The van der Waals surface area contributed by atoms with Crippen LogP contribution in [0.15, 0.2) is 0 Å². The summed E-state index contributed by atoms with van der Waals surface area (Å²) in [6, 6.07) is -0.962. The maximum atomic E-state index is 12.1. The first-order valence-corrected chi connectivity index (χ1v) is 12.3. The number of hydrogen-bond acceptors (Lipinski definition) is 14. The largest absolute Gasteiger partial charge is 0.394 e. The van der Waals surface area contributed by atoms with Gasteiger partial charge in [-0.05, 0) is 13.3 Å². The first kappa shape index (κ1) is 30.5. The number of ether oxygens (including phenoxy) is 5. The highest BCUT2D eigenvalue weighted by atomic mass is 16.7. The molecule has 3 aliphatic heterocycles. The van der Waals surface area contributed by atoms with Gasteiger partial charge in [0.15, 0.2) is 12.6 Å². The van der Waals surface area contributed by atoms with E-state index in [-0.39, 0.29) is 0 Å². The Morgan fingerprint density at radius 1 is 0.730 bits per heavy atom. The van der Waals surface area contributed by atoms with Gasteiger partial charge < -0.3 is 69.9 Å². The Kier molecular flexibility index (Phi) is 10.6. The molecule has 15 heteroatoms. The van der Waals surface area contributed by atoms with E-state index in [1.807, 2.05) is 0 Å². The summed E-state index contributed by atoms with van der Waals surface area (Å²) in [6.45, 7) is 3.15. The maximum Gasteiger partial charge on any atom is 0.217 e. The summed E-state index contributed by atoms with van der Waals surface area (Å²) in [4.78, 5) is 12.1. The molecule has 0 aromatic carbocycles. The van der Waals surface area contributed by atoms with Crippen molar-refractivity contribution >= 4 is 5.91 Å². The molecule has 1 amide bonds. The molecule has 0 spiro atoms. The first-order chi connectivity index (χ1) is 17.4. The molecular formula is C22H39NO14. The second-order valence-electron chi connectivity index (χ2n) is 9.61. The van der Waals surface area contributed by atoms with Gasteiger partial charge in [-0.25, -0.2) is 0 Å². The van der Waals surface area contributed by atoms with Crippen LogP contribution in [0.3, 0.4) is 0 Å². The number of rotatable bonds is 8. The lowest BCUT2D eigenvalue weighted by Gasteiger charge is -2.50. The molecule has 0 aromatic heterocycles. The van der Waals surface area contributed by atoms with E-state index in [0.717, 1.165) is 0 Å². The number of amides is 1. The zero-order chi connectivity index (χ0) is 27.6. The summed E-state index contributed by atoms with van der Waals surface area (Å²) in [6.07, 6.45) is -19.3. The fourth-order valence-electron chi connectivity index (χ4n) is 4.86. The third-order valence-corrected chi connectivity index (χ3v) is 6.99. The van der Waals surface area contributed by atoms with E-state index >= 15 is 0 Å². The van der Waals surface area contributed by atoms with Gasteiger partial charge in [0, 0.05) is 6.92 Å². The van der Waals surface area contributed by atoms with E-state index in [4.69, 9.17) is 23.7 Å². The van der Waals surface area contributed by atoms with Crippen molar-refractivity contribution in [3.8, 4) is 0 Å². The Bertz CT molecular complexity index is 744. The second kappa shape index (κ2) is 12.9. The van der Waals surface area contributed by atoms with Crippen LogP contribution in [0.1, 0.15) is 27.2 Å². The third kappa shape index (κ3) is 6.41. The Hall–Kier alpha value is -1.05. The molecule has 37 heavy (non-hydrogen) atoms. The van der Waals surface area contributed by atoms with Crippen LogP contribution in [-0.2, 0) is 28.5 Å². The van der Waals surface area contributed by atoms with Gasteiger partial charge in [-0.3, -0.25) is 4.79 Å². The summed E-state index contributed by atoms with van der Waals surface area (Å²) in [5.41, 5.74) is 0. The standard InChI is InChI=1S/C22H39NO14/c1-4-9-12(23-8(3)26)20(37-22-18(32)16(30)14(28)10(5-24)35-22)19(11(6-25)34-9)36-21-17(31)15(29)13(27)7(2)33-21/h7,9-22,24-25,27-32H,4-6H2,1-3H3,(H,23,26). The number of aliphatic hydroxyl groups excluding tert-OH is 8. The zero-order valence-corrected chi connectivity index (χ0v) is 20.8. The molecule has 3 aliphatic rings. The molecule has 3 heterocycles. The summed E-state index contributed by atoms with van der Waals surface area (Å²) in [5.74, 6) is -0.475. The third-order valence-electron chi connectivity index (χ3n) is 6.99. The molecular weight excluding hydrogens is 502 g/mol. The molecule has 216 valence electrons. The van der Waals surface area contributed by atoms with Gasteiger partial charge in [0.1, 0.15) is 61.0 Å². The molecule has 0 aromatic rings. The van der Waals surface area contributed by atoms with E-state index in [0.29, 0.717) is 6.42 Å². The Labute approximate surface area is 213 Å². The highest BCUT2D eigenvalue weighted by Gasteiger charge is 2.53. The summed E-state index contributed by atoms with van der Waals surface area (Å²) < 4.78 is 28.9. The normalized spacial score (nSPS) is 49.0. The topological polar surface area (TPSA) is 237 Å². The van der Waals surface area contributed by atoms with Gasteiger partial charge in [0.05, 0.1) is 31.5 Å². The molecule has 0 aliphatic carbocycles. The summed E-state index contributed by atoms with van der Waals surface area (Å²) in [5, 5.41) is 83.9. The number of hydrogen-bond donors (Lipinski definition) is 9.